The van der Waals surface area contributed by atoms with E-state index in [4.69, 9.17) is 21.1 Å². The Kier molecular flexibility index (Phi) is 4.22. The van der Waals surface area contributed by atoms with Crippen molar-refractivity contribution in [3.8, 4) is 11.5 Å². The van der Waals surface area contributed by atoms with E-state index in [0.29, 0.717) is 16.5 Å². The second-order valence-corrected chi connectivity index (χ2v) is 6.74. The first-order chi connectivity index (χ1) is 10.6. The monoisotopic (exact) mass is 324 g/mol. The van der Waals surface area contributed by atoms with E-state index in [9.17, 15) is 9.90 Å². The topological polar surface area (TPSA) is 55.8 Å². The maximum absolute atomic E-state index is 11.2. The summed E-state index contributed by atoms with van der Waals surface area (Å²) in [6.45, 7) is 0. The largest absolute Gasteiger partial charge is 0.493 e. The summed E-state index contributed by atoms with van der Waals surface area (Å²) in [4.78, 5) is 11.2. The molecule has 2 fully saturated rings. The number of hydrogen-bond donors (Lipinski definition) is 1. The van der Waals surface area contributed by atoms with Crippen molar-refractivity contribution in [3.05, 3.63) is 22.7 Å². The highest BCUT2D eigenvalue weighted by Crippen LogP contribution is 2.58. The predicted octanol–water partition coefficient (Wildman–Crippen LogP) is 4.18. The second kappa shape index (κ2) is 5.99. The van der Waals surface area contributed by atoms with Gasteiger partial charge >= 0.3 is 5.97 Å². The molecule has 22 heavy (non-hydrogen) atoms. The van der Waals surface area contributed by atoms with E-state index >= 15 is 0 Å². The molecule has 4 nitrogen and oxygen atoms in total. The summed E-state index contributed by atoms with van der Waals surface area (Å²) in [5.74, 6) is 0.492. The molecule has 0 unspecified atom stereocenters. The minimum atomic E-state index is -0.803. The maximum Gasteiger partial charge on any atom is 0.304 e. The van der Waals surface area contributed by atoms with E-state index in [2.05, 4.69) is 0 Å². The first-order valence-corrected chi connectivity index (χ1v) is 8.19. The van der Waals surface area contributed by atoms with Gasteiger partial charge < -0.3 is 14.6 Å². The Morgan fingerprint density at radius 2 is 2.05 bits per heavy atom. The molecule has 0 heterocycles. The molecule has 2 aliphatic carbocycles. The fourth-order valence-corrected chi connectivity index (χ4v) is 3.79. The van der Waals surface area contributed by atoms with Crippen LogP contribution in [0.4, 0.5) is 0 Å². The van der Waals surface area contributed by atoms with Crippen molar-refractivity contribution < 1.29 is 19.4 Å². The zero-order valence-corrected chi connectivity index (χ0v) is 13.5. The zero-order valence-electron chi connectivity index (χ0n) is 12.7. The molecule has 0 aromatic heterocycles. The van der Waals surface area contributed by atoms with Gasteiger partial charge in [0.15, 0.2) is 11.5 Å². The van der Waals surface area contributed by atoms with Crippen LogP contribution in [0, 0.1) is 0 Å². The quantitative estimate of drug-likeness (QED) is 0.853. The van der Waals surface area contributed by atoms with Crippen LogP contribution in [0.3, 0.4) is 0 Å². The van der Waals surface area contributed by atoms with Gasteiger partial charge in [-0.25, -0.2) is 0 Å². The number of halogens is 1. The molecule has 0 radical (unpaired) electrons. The minimum Gasteiger partial charge on any atom is -0.493 e. The van der Waals surface area contributed by atoms with Crippen LogP contribution >= 0.6 is 11.6 Å². The molecular weight excluding hydrogens is 304 g/mol. The molecule has 120 valence electrons. The molecule has 2 saturated carbocycles. The van der Waals surface area contributed by atoms with Crippen LogP contribution in [0.5, 0.6) is 11.5 Å². The average molecular weight is 325 g/mol. The molecule has 0 atom stereocenters. The van der Waals surface area contributed by atoms with Gasteiger partial charge in [-0.3, -0.25) is 4.79 Å². The summed E-state index contributed by atoms with van der Waals surface area (Å²) in [5, 5.41) is 9.80. The molecule has 1 aromatic carbocycles. The summed E-state index contributed by atoms with van der Waals surface area (Å²) in [6, 6.07) is 3.58. The molecule has 0 aliphatic heterocycles. The molecule has 3 rings (SSSR count). The van der Waals surface area contributed by atoms with Crippen LogP contribution in [0.1, 0.15) is 50.5 Å². The number of rotatable bonds is 6. The van der Waals surface area contributed by atoms with Crippen molar-refractivity contribution in [3.63, 3.8) is 0 Å². The highest BCUT2D eigenvalue weighted by Gasteiger charge is 2.50. The molecule has 0 bridgehead atoms. The smallest absolute Gasteiger partial charge is 0.304 e. The fourth-order valence-electron chi connectivity index (χ4n) is 3.44. The van der Waals surface area contributed by atoms with Crippen LogP contribution in [0.15, 0.2) is 12.1 Å². The molecule has 5 heteroatoms. The summed E-state index contributed by atoms with van der Waals surface area (Å²) in [6.07, 6.45) is 6.31. The number of carboxylic acid groups (broad SMARTS) is 1. The number of hydrogen-bond acceptors (Lipinski definition) is 3. The average Bonchev–Trinajstić information content (AvgIpc) is 3.03. The lowest BCUT2D eigenvalue weighted by molar-refractivity contribution is -0.137. The molecular formula is C17H21ClO4. The predicted molar refractivity (Wildman–Crippen MR) is 84.1 cm³/mol. The van der Waals surface area contributed by atoms with Crippen LogP contribution < -0.4 is 9.47 Å². The summed E-state index contributed by atoms with van der Waals surface area (Å²) in [5.41, 5.74) is 0.425. The Balaban J connectivity index is 2.01. The van der Waals surface area contributed by atoms with Gasteiger partial charge in [0.05, 0.1) is 19.6 Å². The number of benzene rings is 1. The number of ether oxygens (including phenoxy) is 2. The van der Waals surface area contributed by atoms with E-state index in [1.54, 1.807) is 19.2 Å². The first kappa shape index (κ1) is 15.5. The Morgan fingerprint density at radius 1 is 1.36 bits per heavy atom. The van der Waals surface area contributed by atoms with Crippen molar-refractivity contribution in [2.45, 2.75) is 56.5 Å². The van der Waals surface area contributed by atoms with E-state index < -0.39 is 11.4 Å². The third-order valence-corrected chi connectivity index (χ3v) is 5.07. The van der Waals surface area contributed by atoms with Gasteiger partial charge in [-0.15, -0.1) is 0 Å². The Labute approximate surface area is 135 Å². The number of aliphatic carboxylic acids is 1. The van der Waals surface area contributed by atoms with E-state index in [1.807, 2.05) is 0 Å². The zero-order chi connectivity index (χ0) is 15.7. The lowest BCUT2D eigenvalue weighted by Crippen LogP contribution is -2.19. The van der Waals surface area contributed by atoms with Gasteiger partial charge in [-0.2, -0.15) is 0 Å². The van der Waals surface area contributed by atoms with E-state index in [0.717, 1.165) is 31.2 Å². The summed E-state index contributed by atoms with van der Waals surface area (Å²) in [7, 11) is 1.60. The highest BCUT2D eigenvalue weighted by molar-refractivity contribution is 6.31. The maximum atomic E-state index is 11.2. The van der Waals surface area contributed by atoms with Gasteiger partial charge in [0.25, 0.3) is 0 Å². The van der Waals surface area contributed by atoms with Crippen molar-refractivity contribution in [2.24, 2.45) is 0 Å². The Bertz CT molecular complexity index is 574. The van der Waals surface area contributed by atoms with Crippen LogP contribution in [0.25, 0.3) is 0 Å². The van der Waals surface area contributed by atoms with Crippen molar-refractivity contribution in [1.29, 1.82) is 0 Å². The van der Waals surface area contributed by atoms with Gasteiger partial charge in [0, 0.05) is 16.0 Å². The number of methoxy groups -OCH3 is 1. The van der Waals surface area contributed by atoms with Crippen molar-refractivity contribution >= 4 is 17.6 Å². The normalized spacial score (nSPS) is 19.9. The number of carboxylic acids is 1. The standard InChI is InChI=1S/C17H21ClO4/c1-21-13-7-6-12(18)15(17(8-9-17)10-14(19)20)16(13)22-11-4-2-3-5-11/h6-7,11H,2-5,8-10H2,1H3,(H,19,20). The third kappa shape index (κ3) is 2.89. The molecule has 2 aliphatic rings. The molecule has 0 spiro atoms. The highest BCUT2D eigenvalue weighted by atomic mass is 35.5. The molecule has 1 aromatic rings. The van der Waals surface area contributed by atoms with Gasteiger partial charge in [0.1, 0.15) is 0 Å². The van der Waals surface area contributed by atoms with Gasteiger partial charge in [-0.05, 0) is 50.7 Å². The first-order valence-electron chi connectivity index (χ1n) is 7.81. The fraction of sp³-hybridized carbons (Fsp3) is 0.588. The van der Waals surface area contributed by atoms with Gasteiger partial charge in [-0.1, -0.05) is 11.6 Å². The van der Waals surface area contributed by atoms with E-state index in [-0.39, 0.29) is 12.5 Å². The van der Waals surface area contributed by atoms with Crippen molar-refractivity contribution in [1.82, 2.24) is 0 Å². The van der Waals surface area contributed by atoms with Crippen LogP contribution in [-0.2, 0) is 10.2 Å². The van der Waals surface area contributed by atoms with Crippen molar-refractivity contribution in [2.75, 3.05) is 7.11 Å². The Hall–Kier alpha value is -1.42. The van der Waals surface area contributed by atoms with Gasteiger partial charge in [0.2, 0.25) is 0 Å². The molecule has 0 amide bonds. The summed E-state index contributed by atoms with van der Waals surface area (Å²) < 4.78 is 11.7. The molecule has 0 saturated heterocycles. The van der Waals surface area contributed by atoms with E-state index in [1.165, 1.54) is 12.8 Å². The second-order valence-electron chi connectivity index (χ2n) is 6.33. The SMILES string of the molecule is COc1ccc(Cl)c(C2(CC(=O)O)CC2)c1OC1CCCC1. The lowest BCUT2D eigenvalue weighted by atomic mass is 9.91. The minimum absolute atomic E-state index is 0.0842. The number of carbonyl (C=O) groups is 1. The van der Waals surface area contributed by atoms with Crippen LogP contribution in [-0.4, -0.2) is 24.3 Å². The molecule has 1 N–H and O–H groups in total. The lowest BCUT2D eigenvalue weighted by Gasteiger charge is -2.24. The Morgan fingerprint density at radius 3 is 2.59 bits per heavy atom. The summed E-state index contributed by atoms with van der Waals surface area (Å²) >= 11 is 6.42. The third-order valence-electron chi connectivity index (χ3n) is 4.75. The van der Waals surface area contributed by atoms with Crippen LogP contribution in [0.2, 0.25) is 5.02 Å².